The lowest BCUT2D eigenvalue weighted by Crippen LogP contribution is -2.39. The number of halogens is 2. The number of thiazole rings is 1. The maximum absolute atomic E-state index is 13.6. The zero-order valence-electron chi connectivity index (χ0n) is 18.7. The Balaban J connectivity index is 1.97. The van der Waals surface area contributed by atoms with Crippen LogP contribution in [0.1, 0.15) is 31.2 Å². The zero-order valence-corrected chi connectivity index (χ0v) is 23.2. The average molecular weight is 659 g/mol. The van der Waals surface area contributed by atoms with E-state index < -0.39 is 12.0 Å². The van der Waals surface area contributed by atoms with Gasteiger partial charge in [0.1, 0.15) is 5.76 Å². The van der Waals surface area contributed by atoms with Crippen molar-refractivity contribution in [2.24, 2.45) is 4.99 Å². The third-order valence-corrected chi connectivity index (χ3v) is 8.29. The number of hydrogen-bond donors (Lipinski definition) is 0. The van der Waals surface area contributed by atoms with Gasteiger partial charge >= 0.3 is 5.97 Å². The smallest absolute Gasteiger partial charge is 0.338 e. The van der Waals surface area contributed by atoms with Gasteiger partial charge in [-0.25, -0.2) is 9.79 Å². The third-order valence-electron chi connectivity index (χ3n) is 5.18. The molecule has 0 saturated heterocycles. The van der Waals surface area contributed by atoms with E-state index >= 15 is 0 Å². The average Bonchev–Trinajstić information content (AvgIpc) is 3.29. The van der Waals surface area contributed by atoms with Gasteiger partial charge in [0, 0.05) is 28.7 Å². The van der Waals surface area contributed by atoms with Crippen LogP contribution >= 0.6 is 49.9 Å². The predicted molar refractivity (Wildman–Crippen MR) is 139 cm³/mol. The van der Waals surface area contributed by atoms with E-state index in [9.17, 15) is 9.59 Å². The summed E-state index contributed by atoms with van der Waals surface area (Å²) < 4.78 is 25.3. The highest BCUT2D eigenvalue weighted by atomic mass is 127. The van der Waals surface area contributed by atoms with E-state index in [0.29, 0.717) is 47.2 Å². The van der Waals surface area contributed by atoms with Crippen LogP contribution in [0.2, 0.25) is 0 Å². The Morgan fingerprint density at radius 3 is 2.65 bits per heavy atom. The van der Waals surface area contributed by atoms with Gasteiger partial charge < -0.3 is 18.6 Å². The number of methoxy groups -OCH3 is 2. The number of ether oxygens (including phenoxy) is 3. The number of carbonyl (C=O) groups is 1. The van der Waals surface area contributed by atoms with Crippen LogP contribution in [-0.2, 0) is 9.53 Å². The van der Waals surface area contributed by atoms with Crippen molar-refractivity contribution >= 4 is 61.9 Å². The van der Waals surface area contributed by atoms with E-state index in [1.54, 1.807) is 51.3 Å². The van der Waals surface area contributed by atoms with Crippen LogP contribution in [0.5, 0.6) is 11.5 Å². The number of carbonyl (C=O) groups excluding carboxylic acids is 1. The number of allylic oxidation sites excluding steroid dienone is 1. The molecule has 3 aromatic rings. The van der Waals surface area contributed by atoms with Crippen molar-refractivity contribution in [3.8, 4) is 11.5 Å². The zero-order chi connectivity index (χ0) is 24.6. The van der Waals surface area contributed by atoms with Gasteiger partial charge in [0.2, 0.25) is 0 Å². The standard InChI is InChI=1S/C23H20BrIN2O6S/c1-5-32-22(29)18-11(2)26-23-27(19(18)12-6-7-15(30-3)16(8-12)31-4)21(28)17(34-23)10-13-9-14(24)20(25)33-13/h6-10,19H,5H2,1-4H3/b17-10+/t19-/m0/s1. The molecule has 178 valence electrons. The normalized spacial score (nSPS) is 15.7. The van der Waals surface area contributed by atoms with Crippen LogP contribution < -0.4 is 24.4 Å². The van der Waals surface area contributed by atoms with Gasteiger partial charge in [-0.2, -0.15) is 0 Å². The Hall–Kier alpha value is -2.38. The summed E-state index contributed by atoms with van der Waals surface area (Å²) >= 11 is 6.71. The van der Waals surface area contributed by atoms with Crippen LogP contribution in [0.25, 0.3) is 6.08 Å². The first kappa shape index (κ1) is 24.7. The van der Waals surface area contributed by atoms with E-state index in [2.05, 4.69) is 43.5 Å². The summed E-state index contributed by atoms with van der Waals surface area (Å²) in [5.41, 5.74) is 1.16. The van der Waals surface area contributed by atoms with Crippen LogP contribution in [0.4, 0.5) is 0 Å². The van der Waals surface area contributed by atoms with E-state index in [1.807, 2.05) is 0 Å². The minimum atomic E-state index is -0.749. The first-order chi connectivity index (χ1) is 16.3. The summed E-state index contributed by atoms with van der Waals surface area (Å²) in [5.74, 6) is 1.03. The summed E-state index contributed by atoms with van der Waals surface area (Å²) in [4.78, 5) is 31.6. The number of benzene rings is 1. The molecule has 11 heteroatoms. The lowest BCUT2D eigenvalue weighted by atomic mass is 9.95. The first-order valence-corrected chi connectivity index (χ1v) is 12.8. The number of rotatable bonds is 6. The molecule has 0 spiro atoms. The Morgan fingerprint density at radius 2 is 2.03 bits per heavy atom. The van der Waals surface area contributed by atoms with Crippen molar-refractivity contribution in [3.63, 3.8) is 0 Å². The molecule has 4 rings (SSSR count). The molecule has 0 aliphatic carbocycles. The molecule has 8 nitrogen and oxygen atoms in total. The molecule has 1 aliphatic heterocycles. The molecule has 3 heterocycles. The maximum atomic E-state index is 13.6. The van der Waals surface area contributed by atoms with Gasteiger partial charge in [0.05, 0.1) is 47.1 Å². The minimum absolute atomic E-state index is 0.199. The minimum Gasteiger partial charge on any atom is -0.493 e. The SMILES string of the molecule is CCOC(=O)C1=C(C)N=c2s/c(=C/c3cc(Br)c(I)o3)c(=O)n2[C@H]1c1ccc(OC)c(OC)c1. The quantitative estimate of drug-likeness (QED) is 0.296. The Morgan fingerprint density at radius 1 is 1.29 bits per heavy atom. The van der Waals surface area contributed by atoms with Crippen molar-refractivity contribution in [3.05, 3.63) is 74.8 Å². The van der Waals surface area contributed by atoms with Gasteiger partial charge in [-0.05, 0) is 53.5 Å². The van der Waals surface area contributed by atoms with Gasteiger partial charge in [0.25, 0.3) is 5.56 Å². The van der Waals surface area contributed by atoms with Crippen LogP contribution in [0.3, 0.4) is 0 Å². The Labute approximate surface area is 220 Å². The number of esters is 1. The number of aromatic nitrogens is 1. The molecule has 2 aromatic heterocycles. The lowest BCUT2D eigenvalue weighted by molar-refractivity contribution is -0.139. The number of nitrogens with zero attached hydrogens (tertiary/aromatic N) is 2. The summed E-state index contributed by atoms with van der Waals surface area (Å²) in [6.45, 7) is 3.67. The van der Waals surface area contributed by atoms with Crippen LogP contribution in [0, 0.1) is 3.77 Å². The topological polar surface area (TPSA) is 92.3 Å². The summed E-state index contributed by atoms with van der Waals surface area (Å²) in [7, 11) is 3.08. The second-order valence-electron chi connectivity index (χ2n) is 7.19. The molecule has 0 unspecified atom stereocenters. The summed E-state index contributed by atoms with van der Waals surface area (Å²) in [6, 6.07) is 6.34. The molecule has 0 saturated carbocycles. The fourth-order valence-electron chi connectivity index (χ4n) is 3.69. The fourth-order valence-corrected chi connectivity index (χ4v) is 5.44. The number of fused-ring (bicyclic) bond motifs is 1. The van der Waals surface area contributed by atoms with Gasteiger partial charge in [0.15, 0.2) is 20.1 Å². The molecular weight excluding hydrogens is 639 g/mol. The van der Waals surface area contributed by atoms with Gasteiger partial charge in [-0.3, -0.25) is 9.36 Å². The first-order valence-electron chi connectivity index (χ1n) is 10.2. The highest BCUT2D eigenvalue weighted by Gasteiger charge is 2.34. The molecule has 1 atom stereocenters. The Kier molecular flexibility index (Phi) is 7.33. The van der Waals surface area contributed by atoms with Crippen molar-refractivity contribution in [2.45, 2.75) is 19.9 Å². The second-order valence-corrected chi connectivity index (χ2v) is 10.0. The lowest BCUT2D eigenvalue weighted by Gasteiger charge is -2.25. The molecule has 34 heavy (non-hydrogen) atoms. The van der Waals surface area contributed by atoms with Crippen molar-refractivity contribution in [1.29, 1.82) is 0 Å². The summed E-state index contributed by atoms with van der Waals surface area (Å²) in [6.07, 6.45) is 1.67. The van der Waals surface area contributed by atoms with Crippen molar-refractivity contribution in [1.82, 2.24) is 4.57 Å². The molecule has 0 radical (unpaired) electrons. The molecule has 0 N–H and O–H groups in total. The van der Waals surface area contributed by atoms with Crippen molar-refractivity contribution in [2.75, 3.05) is 20.8 Å². The molecule has 1 aromatic carbocycles. The Bertz CT molecular complexity index is 1470. The number of hydrogen-bond acceptors (Lipinski definition) is 8. The predicted octanol–water partition coefficient (Wildman–Crippen LogP) is 3.78. The molecular formula is C23H20BrIN2O6S. The third kappa shape index (κ3) is 4.48. The maximum Gasteiger partial charge on any atom is 0.338 e. The fraction of sp³-hybridized carbons (Fsp3) is 0.261. The number of furan rings is 1. The van der Waals surface area contributed by atoms with E-state index in [-0.39, 0.29) is 12.2 Å². The molecule has 1 aliphatic rings. The highest BCUT2D eigenvalue weighted by molar-refractivity contribution is 14.1. The second kappa shape index (κ2) is 10.1. The molecule has 0 amide bonds. The van der Waals surface area contributed by atoms with Crippen LogP contribution in [-0.4, -0.2) is 31.4 Å². The largest absolute Gasteiger partial charge is 0.493 e. The molecule has 0 bridgehead atoms. The summed E-state index contributed by atoms with van der Waals surface area (Å²) in [5, 5.41) is 0. The van der Waals surface area contributed by atoms with E-state index in [1.165, 1.54) is 23.0 Å². The monoisotopic (exact) mass is 658 g/mol. The van der Waals surface area contributed by atoms with Gasteiger partial charge in [-0.1, -0.05) is 17.4 Å². The molecule has 0 fully saturated rings. The van der Waals surface area contributed by atoms with E-state index in [4.69, 9.17) is 18.6 Å². The van der Waals surface area contributed by atoms with Crippen molar-refractivity contribution < 1.29 is 23.4 Å². The van der Waals surface area contributed by atoms with E-state index in [0.717, 1.165) is 4.47 Å². The van der Waals surface area contributed by atoms with Crippen LogP contribution in [0.15, 0.2) is 54.2 Å². The highest BCUT2D eigenvalue weighted by Crippen LogP contribution is 2.36. The van der Waals surface area contributed by atoms with Gasteiger partial charge in [-0.15, -0.1) is 0 Å².